The first-order valence-corrected chi connectivity index (χ1v) is 8.71. The number of nitrogens with zero attached hydrogens (tertiary/aromatic N) is 1. The molecule has 0 radical (unpaired) electrons. The Morgan fingerprint density at radius 2 is 2.15 bits per heavy atom. The molecule has 8 nitrogen and oxygen atoms in total. The van der Waals surface area contributed by atoms with Gasteiger partial charge in [-0.15, -0.1) is 0 Å². The number of esters is 1. The van der Waals surface area contributed by atoms with Crippen LogP contribution in [0.2, 0.25) is 0 Å². The van der Waals surface area contributed by atoms with E-state index in [1.165, 1.54) is 13.4 Å². The van der Waals surface area contributed by atoms with Crippen LogP contribution in [0.5, 0.6) is 0 Å². The van der Waals surface area contributed by atoms with E-state index in [-0.39, 0.29) is 20.0 Å². The molecule has 0 amide bonds. The summed E-state index contributed by atoms with van der Waals surface area (Å²) < 4.78 is 33.0. The van der Waals surface area contributed by atoms with Crippen LogP contribution in [-0.2, 0) is 40.9 Å². The second-order valence-electron chi connectivity index (χ2n) is 5.98. The topological polar surface area (TPSA) is 89.2 Å². The van der Waals surface area contributed by atoms with E-state index in [1.807, 2.05) is 13.0 Å². The molecule has 0 N–H and O–H groups in total. The SMILES string of the molecule is CCC1(c2ccccn2)OC(COCOC)C(C(=O)OCc2ccco2)O1. The molecule has 3 rings (SSSR count). The third-order valence-electron chi connectivity index (χ3n) is 4.17. The summed E-state index contributed by atoms with van der Waals surface area (Å²) >= 11 is 0. The number of methoxy groups -OCH3 is 1. The number of carbonyl (C=O) groups is 1. The van der Waals surface area contributed by atoms with Gasteiger partial charge in [0.05, 0.1) is 18.6 Å². The molecule has 0 saturated carbocycles. The number of aromatic nitrogens is 1. The van der Waals surface area contributed by atoms with Crippen LogP contribution in [0.3, 0.4) is 0 Å². The van der Waals surface area contributed by atoms with Gasteiger partial charge in [0.2, 0.25) is 5.79 Å². The molecule has 3 unspecified atom stereocenters. The highest BCUT2D eigenvalue weighted by atomic mass is 16.8. The Bertz CT molecular complexity index is 706. The van der Waals surface area contributed by atoms with Crippen molar-refractivity contribution in [3.05, 3.63) is 54.2 Å². The van der Waals surface area contributed by atoms with Crippen molar-refractivity contribution in [2.24, 2.45) is 0 Å². The molecule has 0 aliphatic carbocycles. The molecule has 1 fully saturated rings. The summed E-state index contributed by atoms with van der Waals surface area (Å²) in [5.74, 6) is -1.15. The van der Waals surface area contributed by atoms with Crippen LogP contribution < -0.4 is 0 Å². The maximum Gasteiger partial charge on any atom is 0.338 e. The summed E-state index contributed by atoms with van der Waals surface area (Å²) in [6.07, 6.45) is 2.01. The minimum Gasteiger partial charge on any atom is -0.466 e. The summed E-state index contributed by atoms with van der Waals surface area (Å²) in [5, 5.41) is 0. The maximum atomic E-state index is 12.6. The molecule has 1 aliphatic heterocycles. The minimum atomic E-state index is -1.14. The lowest BCUT2D eigenvalue weighted by Gasteiger charge is -2.26. The normalized spacial score (nSPS) is 24.8. The van der Waals surface area contributed by atoms with Crippen LogP contribution in [0.1, 0.15) is 24.8 Å². The van der Waals surface area contributed by atoms with E-state index in [2.05, 4.69) is 4.98 Å². The van der Waals surface area contributed by atoms with Crippen molar-refractivity contribution in [1.29, 1.82) is 0 Å². The Kier molecular flexibility index (Phi) is 6.57. The molecule has 1 saturated heterocycles. The Balaban J connectivity index is 1.75. The van der Waals surface area contributed by atoms with Crippen molar-refractivity contribution >= 4 is 5.97 Å². The fourth-order valence-electron chi connectivity index (χ4n) is 2.86. The minimum absolute atomic E-state index is 0.0139. The van der Waals surface area contributed by atoms with Gasteiger partial charge in [-0.2, -0.15) is 0 Å². The first kappa shape index (κ1) is 19.5. The van der Waals surface area contributed by atoms with E-state index in [1.54, 1.807) is 30.5 Å². The molecular weight excluding hydrogens is 354 g/mol. The van der Waals surface area contributed by atoms with E-state index in [4.69, 9.17) is 28.1 Å². The molecule has 0 spiro atoms. The smallest absolute Gasteiger partial charge is 0.338 e. The lowest BCUT2D eigenvalue weighted by Crippen LogP contribution is -2.36. The van der Waals surface area contributed by atoms with Crippen LogP contribution in [0.25, 0.3) is 0 Å². The molecule has 2 aromatic rings. The lowest BCUT2D eigenvalue weighted by molar-refractivity contribution is -0.200. The van der Waals surface area contributed by atoms with Gasteiger partial charge >= 0.3 is 5.97 Å². The highest BCUT2D eigenvalue weighted by molar-refractivity contribution is 5.76. The van der Waals surface area contributed by atoms with Gasteiger partial charge in [0.15, 0.2) is 6.10 Å². The average Bonchev–Trinajstić information content (AvgIpc) is 3.36. The Morgan fingerprint density at radius 1 is 1.26 bits per heavy atom. The zero-order chi connectivity index (χ0) is 19.1. The lowest BCUT2D eigenvalue weighted by atomic mass is 10.1. The summed E-state index contributed by atoms with van der Waals surface area (Å²) in [7, 11) is 1.52. The fourth-order valence-corrected chi connectivity index (χ4v) is 2.86. The molecule has 1 aliphatic rings. The first-order valence-electron chi connectivity index (χ1n) is 8.71. The number of pyridine rings is 1. The van der Waals surface area contributed by atoms with Crippen molar-refractivity contribution in [2.75, 3.05) is 20.5 Å². The third kappa shape index (κ3) is 4.54. The quantitative estimate of drug-likeness (QED) is 0.374. The maximum absolute atomic E-state index is 12.6. The molecule has 0 bridgehead atoms. The summed E-state index contributed by atoms with van der Waals surface area (Å²) in [4.78, 5) is 17.0. The van der Waals surface area contributed by atoms with E-state index in [0.717, 1.165) is 0 Å². The van der Waals surface area contributed by atoms with Crippen molar-refractivity contribution in [2.45, 2.75) is 37.9 Å². The predicted octanol–water partition coefficient (Wildman–Crippen LogP) is 2.39. The van der Waals surface area contributed by atoms with Crippen LogP contribution in [-0.4, -0.2) is 43.7 Å². The molecule has 27 heavy (non-hydrogen) atoms. The van der Waals surface area contributed by atoms with Gasteiger partial charge in [0.1, 0.15) is 25.3 Å². The number of furan rings is 1. The number of rotatable bonds is 9. The zero-order valence-electron chi connectivity index (χ0n) is 15.3. The highest BCUT2D eigenvalue weighted by Crippen LogP contribution is 2.40. The van der Waals surface area contributed by atoms with E-state index in [9.17, 15) is 4.79 Å². The van der Waals surface area contributed by atoms with Gasteiger partial charge in [0, 0.05) is 19.7 Å². The van der Waals surface area contributed by atoms with Crippen LogP contribution in [0, 0.1) is 0 Å². The van der Waals surface area contributed by atoms with Crippen molar-refractivity contribution < 1.29 is 32.9 Å². The van der Waals surface area contributed by atoms with Crippen LogP contribution in [0.15, 0.2) is 47.2 Å². The van der Waals surface area contributed by atoms with E-state index >= 15 is 0 Å². The Morgan fingerprint density at radius 3 is 2.81 bits per heavy atom. The van der Waals surface area contributed by atoms with E-state index < -0.39 is 24.0 Å². The summed E-state index contributed by atoms with van der Waals surface area (Å²) in [6.45, 7) is 2.11. The molecule has 0 aromatic carbocycles. The molecule has 3 heterocycles. The van der Waals surface area contributed by atoms with E-state index in [0.29, 0.717) is 17.9 Å². The summed E-state index contributed by atoms with van der Waals surface area (Å²) in [5.41, 5.74) is 0.588. The first-order chi connectivity index (χ1) is 13.2. The third-order valence-corrected chi connectivity index (χ3v) is 4.17. The molecule has 8 heteroatoms. The van der Waals surface area contributed by atoms with Gasteiger partial charge in [-0.05, 0) is 24.3 Å². The fraction of sp³-hybridized carbons (Fsp3) is 0.474. The largest absolute Gasteiger partial charge is 0.466 e. The van der Waals surface area contributed by atoms with Gasteiger partial charge in [-0.3, -0.25) is 4.98 Å². The van der Waals surface area contributed by atoms with Crippen molar-refractivity contribution in [3.8, 4) is 0 Å². The second-order valence-corrected chi connectivity index (χ2v) is 5.98. The zero-order valence-corrected chi connectivity index (χ0v) is 15.3. The summed E-state index contributed by atoms with van der Waals surface area (Å²) in [6, 6.07) is 8.89. The predicted molar refractivity (Wildman–Crippen MR) is 92.3 cm³/mol. The molecular formula is C19H23NO7. The Hall–Kier alpha value is -2.26. The highest BCUT2D eigenvalue weighted by Gasteiger charge is 2.52. The monoisotopic (exact) mass is 377 g/mol. The van der Waals surface area contributed by atoms with Crippen molar-refractivity contribution in [3.63, 3.8) is 0 Å². The van der Waals surface area contributed by atoms with Crippen molar-refractivity contribution in [1.82, 2.24) is 4.98 Å². The number of hydrogen-bond acceptors (Lipinski definition) is 8. The number of hydrogen-bond donors (Lipinski definition) is 0. The molecule has 146 valence electrons. The second kappa shape index (κ2) is 9.09. The number of carbonyl (C=O) groups excluding carboxylic acids is 1. The van der Waals surface area contributed by atoms with Gasteiger partial charge in [-0.25, -0.2) is 4.79 Å². The average molecular weight is 377 g/mol. The number of ether oxygens (including phenoxy) is 5. The van der Waals surface area contributed by atoms with Crippen LogP contribution >= 0.6 is 0 Å². The van der Waals surface area contributed by atoms with Gasteiger partial charge in [-0.1, -0.05) is 13.0 Å². The standard InChI is InChI=1S/C19H23NO7/c1-3-19(16-8-4-5-9-20-16)26-15(12-23-13-22-2)17(27-19)18(21)25-11-14-7-6-10-24-14/h4-10,15,17H,3,11-13H2,1-2H3. The van der Waals surface area contributed by atoms with Gasteiger partial charge in [0.25, 0.3) is 0 Å². The Labute approximate surface area is 157 Å². The van der Waals surface area contributed by atoms with Gasteiger partial charge < -0.3 is 28.1 Å². The van der Waals surface area contributed by atoms with Crippen LogP contribution in [0.4, 0.5) is 0 Å². The molecule has 2 aromatic heterocycles. The molecule has 3 atom stereocenters.